The van der Waals surface area contributed by atoms with Crippen LogP contribution in [0.3, 0.4) is 0 Å². The molecule has 8 bridgehead atoms. The number of carboxylic acids is 1. The molecule has 2 aliphatic heterocycles. The maximum atomic E-state index is 13.4. The highest BCUT2D eigenvalue weighted by atomic mass is 79.9. The van der Waals surface area contributed by atoms with E-state index < -0.39 is 5.97 Å². The van der Waals surface area contributed by atoms with Gasteiger partial charge in [-0.05, 0) is 95.9 Å². The highest BCUT2D eigenvalue weighted by Crippen LogP contribution is 2.46. The second kappa shape index (κ2) is 10.1. The summed E-state index contributed by atoms with van der Waals surface area (Å²) in [7, 11) is 0. The van der Waals surface area contributed by atoms with Gasteiger partial charge in [-0.3, -0.25) is 14.6 Å². The first kappa shape index (κ1) is 27.6. The Hall–Kier alpha value is -3.52. The predicted molar refractivity (Wildman–Crippen MR) is 166 cm³/mol. The van der Waals surface area contributed by atoms with Crippen molar-refractivity contribution >= 4 is 60.9 Å². The van der Waals surface area contributed by atoms with Gasteiger partial charge in [0.05, 0.1) is 38.3 Å². The van der Waals surface area contributed by atoms with Gasteiger partial charge in [-0.15, -0.1) is 0 Å². The third-order valence-electron chi connectivity index (χ3n) is 9.33. The molecule has 3 aliphatic rings. The van der Waals surface area contributed by atoms with Crippen LogP contribution >= 0.6 is 15.9 Å². The summed E-state index contributed by atoms with van der Waals surface area (Å²) in [6.07, 6.45) is 2.47. The van der Waals surface area contributed by atoms with Crippen molar-refractivity contribution in [3.05, 3.63) is 67.2 Å². The van der Waals surface area contributed by atoms with Crippen molar-refractivity contribution in [1.29, 1.82) is 0 Å². The van der Waals surface area contributed by atoms with Crippen molar-refractivity contribution in [3.63, 3.8) is 0 Å². The van der Waals surface area contributed by atoms with Crippen LogP contribution in [0.25, 0.3) is 33.2 Å². The van der Waals surface area contributed by atoms with Crippen molar-refractivity contribution in [2.45, 2.75) is 85.5 Å². The van der Waals surface area contributed by atoms with Crippen molar-refractivity contribution in [3.8, 4) is 0 Å². The van der Waals surface area contributed by atoms with Crippen LogP contribution < -0.4 is 0 Å². The summed E-state index contributed by atoms with van der Waals surface area (Å²) in [5.41, 5.74) is 14.5. The zero-order valence-corrected chi connectivity index (χ0v) is 26.0. The van der Waals surface area contributed by atoms with Crippen LogP contribution in [-0.4, -0.2) is 36.8 Å². The Kier molecular flexibility index (Phi) is 6.80. The zero-order chi connectivity index (χ0) is 29.3. The van der Waals surface area contributed by atoms with Crippen LogP contribution in [-0.2, 0) is 17.6 Å². The lowest BCUT2D eigenvalue weighted by atomic mass is 9.85. The normalized spacial score (nSPS) is 18.1. The van der Waals surface area contributed by atoms with Crippen molar-refractivity contribution in [1.82, 2.24) is 19.9 Å². The topological polar surface area (TPSA) is 112 Å². The monoisotopic (exact) mass is 614 g/mol. The Balaban J connectivity index is 1.80. The standard InChI is InChI=1S/C33H35BrN4O3/c1-7-18-14(3)22-12-25-19(8-2)15(4)30(37-25)29(34)31-16(5)20(9-10-27(40)41)32(38-31)21-11-26(39)28-17(6)23(36-33(21)28)13-24(18)35-22/h12-13,16,20,36-37H,7-11H2,1-6H3,(H,40,41)/t16-,20-/m0/s1. The lowest BCUT2D eigenvalue weighted by molar-refractivity contribution is -0.137. The number of hydrogen-bond donors (Lipinski definition) is 3. The molecule has 0 fully saturated rings. The molecule has 0 unspecified atom stereocenters. The summed E-state index contributed by atoms with van der Waals surface area (Å²) in [6.45, 7) is 12.7. The number of nitrogens with one attached hydrogen (secondary N) is 2. The number of H-pyrrole nitrogens is 2. The number of halogens is 1. The smallest absolute Gasteiger partial charge is 0.303 e. The van der Waals surface area contributed by atoms with E-state index in [9.17, 15) is 14.7 Å². The summed E-state index contributed by atoms with van der Waals surface area (Å²) in [5.74, 6) is -0.906. The molecule has 6 rings (SSSR count). The minimum absolute atomic E-state index is 0.0309. The third-order valence-corrected chi connectivity index (χ3v) is 10.1. The molecule has 0 spiro atoms. The van der Waals surface area contributed by atoms with Gasteiger partial charge in [0.25, 0.3) is 0 Å². The van der Waals surface area contributed by atoms with Crippen molar-refractivity contribution in [2.24, 2.45) is 0 Å². The number of fused-ring (bicyclic) bond motifs is 8. The number of aryl methyl sites for hydroxylation is 3. The zero-order valence-electron chi connectivity index (χ0n) is 24.4. The number of Topliss-reactive ketones (excluding diaryl/α,β-unsaturated/α-hetero) is 1. The van der Waals surface area contributed by atoms with E-state index in [0.29, 0.717) is 12.0 Å². The van der Waals surface area contributed by atoms with E-state index in [-0.39, 0.29) is 30.5 Å². The summed E-state index contributed by atoms with van der Waals surface area (Å²) in [4.78, 5) is 42.6. The first-order valence-corrected chi connectivity index (χ1v) is 15.2. The lowest BCUT2D eigenvalue weighted by Gasteiger charge is -2.16. The molecule has 0 aromatic carbocycles. The fourth-order valence-electron chi connectivity index (χ4n) is 7.03. The predicted octanol–water partition coefficient (Wildman–Crippen LogP) is 8.09. The molecule has 212 valence electrons. The van der Waals surface area contributed by atoms with Crippen LogP contribution in [0.15, 0.2) is 16.6 Å². The third kappa shape index (κ3) is 4.21. The molecule has 0 radical (unpaired) electrons. The summed E-state index contributed by atoms with van der Waals surface area (Å²) in [5, 5.41) is 9.55. The number of nitrogens with zero attached hydrogens (tertiary/aromatic N) is 2. The minimum Gasteiger partial charge on any atom is -0.481 e. The fraction of sp³-hybridized carbons (Fsp3) is 0.394. The van der Waals surface area contributed by atoms with Gasteiger partial charge in [-0.2, -0.15) is 0 Å². The maximum absolute atomic E-state index is 13.4. The number of aromatic nitrogens is 4. The van der Waals surface area contributed by atoms with Gasteiger partial charge in [-0.1, -0.05) is 20.8 Å². The number of carboxylic acid groups (broad SMARTS) is 1. The van der Waals surface area contributed by atoms with Gasteiger partial charge in [-0.25, -0.2) is 4.98 Å². The van der Waals surface area contributed by atoms with Gasteiger partial charge < -0.3 is 15.1 Å². The molecule has 8 heteroatoms. The molecule has 3 aromatic rings. The van der Waals surface area contributed by atoms with E-state index in [0.717, 1.165) is 84.4 Å². The molecule has 1 aliphatic carbocycles. The summed E-state index contributed by atoms with van der Waals surface area (Å²) < 4.78 is 0.878. The van der Waals surface area contributed by atoms with Gasteiger partial charge in [0, 0.05) is 46.8 Å². The van der Waals surface area contributed by atoms with Gasteiger partial charge >= 0.3 is 5.97 Å². The second-order valence-electron chi connectivity index (χ2n) is 11.5. The van der Waals surface area contributed by atoms with Crippen molar-refractivity contribution < 1.29 is 14.7 Å². The molecular weight excluding hydrogens is 580 g/mol. The highest BCUT2D eigenvalue weighted by Gasteiger charge is 2.37. The number of rotatable bonds is 5. The molecule has 5 heterocycles. The lowest BCUT2D eigenvalue weighted by Crippen LogP contribution is -2.08. The largest absolute Gasteiger partial charge is 0.481 e. The molecular formula is C33H35BrN4O3. The van der Waals surface area contributed by atoms with E-state index in [1.165, 1.54) is 11.1 Å². The van der Waals surface area contributed by atoms with Gasteiger partial charge in [0.1, 0.15) is 0 Å². The SMILES string of the molecule is CCC1=C(C)c2cc3[nH]c(c(C)c3CC)c(Br)c3nc(c4c5[nH]c(cc1n2)c(C)c5C(=O)C4)[C@@H](CCC(=O)O)[C@@H]3C. The number of hydrogen-bond acceptors (Lipinski definition) is 4. The Bertz CT molecular complexity index is 1860. The van der Waals surface area contributed by atoms with E-state index in [1.54, 1.807) is 0 Å². The highest BCUT2D eigenvalue weighted by molar-refractivity contribution is 9.10. The Morgan fingerprint density at radius 2 is 1.71 bits per heavy atom. The van der Waals surface area contributed by atoms with Gasteiger partial charge in [0.2, 0.25) is 0 Å². The number of carbonyl (C=O) groups excluding carboxylic acids is 1. The van der Waals surface area contributed by atoms with E-state index in [1.807, 2.05) is 6.92 Å². The average Bonchev–Trinajstić information content (AvgIpc) is 3.68. The second-order valence-corrected chi connectivity index (χ2v) is 12.3. The van der Waals surface area contributed by atoms with E-state index in [4.69, 9.17) is 9.97 Å². The molecule has 0 saturated carbocycles. The van der Waals surface area contributed by atoms with Crippen LogP contribution in [0.2, 0.25) is 0 Å². The first-order chi connectivity index (χ1) is 19.5. The van der Waals surface area contributed by atoms with Crippen LogP contribution in [0.1, 0.15) is 114 Å². The maximum Gasteiger partial charge on any atom is 0.303 e. The quantitative estimate of drug-likeness (QED) is 0.269. The minimum atomic E-state index is -0.830. The molecule has 3 aromatic heterocycles. The van der Waals surface area contributed by atoms with Crippen LogP contribution in [0.4, 0.5) is 0 Å². The van der Waals surface area contributed by atoms with Gasteiger partial charge in [0.15, 0.2) is 5.78 Å². The van der Waals surface area contributed by atoms with E-state index in [2.05, 4.69) is 72.6 Å². The molecule has 0 amide bonds. The number of allylic oxidation sites excluding steroid dienone is 2. The van der Waals surface area contributed by atoms with Crippen molar-refractivity contribution in [2.75, 3.05) is 0 Å². The first-order valence-electron chi connectivity index (χ1n) is 14.4. The molecule has 2 atom stereocenters. The molecule has 41 heavy (non-hydrogen) atoms. The number of aliphatic carboxylic acids is 1. The Labute approximate surface area is 247 Å². The van der Waals surface area contributed by atoms with Crippen LogP contribution in [0.5, 0.6) is 0 Å². The summed E-state index contributed by atoms with van der Waals surface area (Å²) >= 11 is 3.91. The van der Waals surface area contributed by atoms with Crippen LogP contribution in [0, 0.1) is 13.8 Å². The number of aromatic amines is 2. The Morgan fingerprint density at radius 1 is 1.00 bits per heavy atom. The number of ketones is 1. The van der Waals surface area contributed by atoms with E-state index >= 15 is 0 Å². The average molecular weight is 616 g/mol. The number of carbonyl (C=O) groups is 2. The Morgan fingerprint density at radius 3 is 2.39 bits per heavy atom. The fourth-order valence-corrected chi connectivity index (χ4v) is 7.87. The molecule has 3 N–H and O–H groups in total. The summed E-state index contributed by atoms with van der Waals surface area (Å²) in [6, 6.07) is 4.22. The molecule has 0 saturated heterocycles. The molecule has 7 nitrogen and oxygen atoms in total.